The lowest BCUT2D eigenvalue weighted by Crippen LogP contribution is -2.50. The Morgan fingerprint density at radius 1 is 1.38 bits per heavy atom. The fourth-order valence-corrected chi connectivity index (χ4v) is 3.35. The Bertz CT molecular complexity index is 532. The molecule has 132 valence electrons. The Kier molecular flexibility index (Phi) is 6.10. The van der Waals surface area contributed by atoms with E-state index in [4.69, 9.17) is 9.47 Å². The normalized spacial score (nSPS) is 23.7. The van der Waals surface area contributed by atoms with Crippen molar-refractivity contribution in [3.8, 4) is 5.75 Å². The van der Waals surface area contributed by atoms with Gasteiger partial charge in [-0.2, -0.15) is 0 Å². The molecule has 3 rings (SSSR count). The van der Waals surface area contributed by atoms with Crippen LogP contribution in [0.4, 0.5) is 0 Å². The van der Waals surface area contributed by atoms with Crippen molar-refractivity contribution < 1.29 is 14.3 Å². The summed E-state index contributed by atoms with van der Waals surface area (Å²) in [4.78, 5) is 14.8. The van der Waals surface area contributed by atoms with Crippen molar-refractivity contribution in [1.29, 1.82) is 0 Å². The molecule has 1 aromatic carbocycles. The maximum atomic E-state index is 12.3. The minimum atomic E-state index is -0.0535. The monoisotopic (exact) mass is 332 g/mol. The molecule has 1 aromatic rings. The van der Waals surface area contributed by atoms with Crippen LogP contribution in [0.15, 0.2) is 24.3 Å². The molecule has 0 radical (unpaired) electrons. The first-order valence-corrected chi connectivity index (χ1v) is 9.13. The second-order valence-corrected chi connectivity index (χ2v) is 6.68. The molecule has 2 aliphatic rings. The maximum absolute atomic E-state index is 12.3. The second kappa shape index (κ2) is 8.49. The highest BCUT2D eigenvalue weighted by Crippen LogP contribution is 2.22. The van der Waals surface area contributed by atoms with E-state index in [1.165, 1.54) is 12.8 Å². The molecule has 2 saturated heterocycles. The van der Waals surface area contributed by atoms with E-state index in [1.807, 2.05) is 24.3 Å². The lowest BCUT2D eigenvalue weighted by Gasteiger charge is -2.35. The Balaban J connectivity index is 1.43. The minimum absolute atomic E-state index is 0.0535. The van der Waals surface area contributed by atoms with Gasteiger partial charge < -0.3 is 14.8 Å². The number of benzene rings is 1. The third-order valence-corrected chi connectivity index (χ3v) is 4.83. The molecular formula is C19H28N2O3. The summed E-state index contributed by atoms with van der Waals surface area (Å²) in [7, 11) is 0. The molecule has 0 unspecified atom stereocenters. The molecule has 0 aliphatic carbocycles. The van der Waals surface area contributed by atoms with Gasteiger partial charge in [0.05, 0.1) is 19.3 Å². The number of hydrogen-bond acceptors (Lipinski definition) is 4. The number of rotatable bonds is 7. The summed E-state index contributed by atoms with van der Waals surface area (Å²) in [6.45, 7) is 6.31. The van der Waals surface area contributed by atoms with E-state index in [0.29, 0.717) is 18.2 Å². The zero-order valence-electron chi connectivity index (χ0n) is 14.5. The number of amides is 1. The van der Waals surface area contributed by atoms with Crippen molar-refractivity contribution in [1.82, 2.24) is 10.2 Å². The minimum Gasteiger partial charge on any atom is -0.494 e. The zero-order chi connectivity index (χ0) is 16.8. The number of nitrogens with zero attached hydrogens (tertiary/aromatic N) is 1. The first-order valence-electron chi connectivity index (χ1n) is 9.13. The smallest absolute Gasteiger partial charge is 0.251 e. The van der Waals surface area contributed by atoms with E-state index >= 15 is 0 Å². The molecule has 2 aliphatic heterocycles. The van der Waals surface area contributed by atoms with E-state index in [1.54, 1.807) is 0 Å². The Morgan fingerprint density at radius 3 is 3.00 bits per heavy atom. The van der Waals surface area contributed by atoms with Crippen LogP contribution in [-0.4, -0.2) is 55.8 Å². The summed E-state index contributed by atoms with van der Waals surface area (Å²) in [5, 5.41) is 2.99. The van der Waals surface area contributed by atoms with Gasteiger partial charge in [-0.3, -0.25) is 9.69 Å². The highest BCUT2D eigenvalue weighted by atomic mass is 16.5. The molecule has 5 nitrogen and oxygen atoms in total. The molecule has 5 heteroatoms. The van der Waals surface area contributed by atoms with Gasteiger partial charge in [0.15, 0.2) is 0 Å². The van der Waals surface area contributed by atoms with Gasteiger partial charge in [0.25, 0.3) is 5.91 Å². The number of unbranched alkanes of at least 4 members (excludes halogenated alkanes) is 1. The molecule has 0 bridgehead atoms. The van der Waals surface area contributed by atoms with Crippen LogP contribution >= 0.6 is 0 Å². The topological polar surface area (TPSA) is 50.8 Å². The number of hydrogen-bond donors (Lipinski definition) is 1. The summed E-state index contributed by atoms with van der Waals surface area (Å²) in [5.41, 5.74) is 0.660. The molecule has 0 aromatic heterocycles. The van der Waals surface area contributed by atoms with Crippen LogP contribution in [0, 0.1) is 0 Å². The van der Waals surface area contributed by atoms with Gasteiger partial charge >= 0.3 is 0 Å². The highest BCUT2D eigenvalue weighted by molar-refractivity contribution is 5.94. The lowest BCUT2D eigenvalue weighted by atomic mass is 10.1. The summed E-state index contributed by atoms with van der Waals surface area (Å²) in [6.07, 6.45) is 4.76. The summed E-state index contributed by atoms with van der Waals surface area (Å²) in [6, 6.07) is 7.94. The molecule has 1 N–H and O–H groups in total. The third-order valence-electron chi connectivity index (χ3n) is 4.83. The maximum Gasteiger partial charge on any atom is 0.251 e. The van der Waals surface area contributed by atoms with Crippen LogP contribution in [0.25, 0.3) is 0 Å². The highest BCUT2D eigenvalue weighted by Gasteiger charge is 2.32. The largest absolute Gasteiger partial charge is 0.494 e. The van der Waals surface area contributed by atoms with Crippen molar-refractivity contribution in [3.63, 3.8) is 0 Å². The van der Waals surface area contributed by atoms with Gasteiger partial charge in [0.1, 0.15) is 5.75 Å². The number of nitrogens with one attached hydrogen (secondary N) is 1. The lowest BCUT2D eigenvalue weighted by molar-refractivity contribution is -0.0461. The van der Waals surface area contributed by atoms with E-state index in [-0.39, 0.29) is 12.0 Å². The quantitative estimate of drug-likeness (QED) is 0.779. The molecule has 1 amide bonds. The molecule has 2 heterocycles. The van der Waals surface area contributed by atoms with Crippen molar-refractivity contribution in [2.24, 2.45) is 0 Å². The third kappa shape index (κ3) is 4.48. The number of morpholine rings is 1. The number of carbonyl (C=O) groups is 1. The van der Waals surface area contributed by atoms with Crippen molar-refractivity contribution >= 4 is 5.91 Å². The predicted octanol–water partition coefficient (Wildman–Crippen LogP) is 2.46. The van der Waals surface area contributed by atoms with Crippen molar-refractivity contribution in [3.05, 3.63) is 29.8 Å². The van der Waals surface area contributed by atoms with Crippen LogP contribution in [-0.2, 0) is 4.74 Å². The number of ether oxygens (including phenoxy) is 2. The molecule has 24 heavy (non-hydrogen) atoms. The molecular weight excluding hydrogens is 304 g/mol. The Morgan fingerprint density at radius 2 is 2.21 bits per heavy atom. The first-order chi connectivity index (χ1) is 11.8. The van der Waals surface area contributed by atoms with Gasteiger partial charge in [-0.05, 0) is 50.1 Å². The summed E-state index contributed by atoms with van der Waals surface area (Å²) < 4.78 is 11.5. The first kappa shape index (κ1) is 17.2. The average Bonchev–Trinajstić information content (AvgIpc) is 3.08. The Labute approximate surface area is 144 Å². The van der Waals surface area contributed by atoms with Gasteiger partial charge in [-0.25, -0.2) is 0 Å². The van der Waals surface area contributed by atoms with Gasteiger partial charge in [-0.1, -0.05) is 13.3 Å². The van der Waals surface area contributed by atoms with Crippen LogP contribution in [0.5, 0.6) is 5.75 Å². The molecule has 0 spiro atoms. The zero-order valence-corrected chi connectivity index (χ0v) is 14.5. The second-order valence-electron chi connectivity index (χ2n) is 6.68. The van der Waals surface area contributed by atoms with E-state index in [0.717, 1.165) is 44.9 Å². The van der Waals surface area contributed by atoms with Crippen molar-refractivity contribution in [2.45, 2.75) is 44.8 Å². The molecule has 2 fully saturated rings. The number of fused-ring (bicyclic) bond motifs is 1. The summed E-state index contributed by atoms with van der Waals surface area (Å²) in [5.74, 6) is 0.762. The number of carbonyl (C=O) groups excluding carboxylic acids is 1. The van der Waals surface area contributed by atoms with Crippen LogP contribution in [0.3, 0.4) is 0 Å². The average molecular weight is 332 g/mol. The van der Waals surface area contributed by atoms with Crippen LogP contribution in [0.1, 0.15) is 43.0 Å². The fraction of sp³-hybridized carbons (Fsp3) is 0.632. The molecule has 2 atom stereocenters. The van der Waals surface area contributed by atoms with Crippen LogP contribution < -0.4 is 10.1 Å². The SMILES string of the molecule is CCCCOc1ccc(C(=O)NC[C@H]2CN3CCC[C@@H]3CO2)cc1. The van der Waals surface area contributed by atoms with Gasteiger partial charge in [0, 0.05) is 24.7 Å². The van der Waals surface area contributed by atoms with Gasteiger partial charge in [-0.15, -0.1) is 0 Å². The predicted molar refractivity (Wildman–Crippen MR) is 93.5 cm³/mol. The van der Waals surface area contributed by atoms with Crippen molar-refractivity contribution in [2.75, 3.05) is 32.8 Å². The Hall–Kier alpha value is -1.59. The van der Waals surface area contributed by atoms with Gasteiger partial charge in [0.2, 0.25) is 0 Å². The van der Waals surface area contributed by atoms with E-state index in [2.05, 4.69) is 17.1 Å². The van der Waals surface area contributed by atoms with E-state index in [9.17, 15) is 4.79 Å². The summed E-state index contributed by atoms with van der Waals surface area (Å²) >= 11 is 0. The molecule has 0 saturated carbocycles. The fourth-order valence-electron chi connectivity index (χ4n) is 3.35. The van der Waals surface area contributed by atoms with E-state index < -0.39 is 0 Å². The standard InChI is InChI=1S/C19H28N2O3/c1-2-3-11-23-17-8-6-15(7-9-17)19(22)20-12-18-13-21-10-4-5-16(21)14-24-18/h6-9,16,18H,2-5,10-14H2,1H3,(H,20,22)/t16-,18+/m1/s1. The van der Waals surface area contributed by atoms with Crippen LogP contribution in [0.2, 0.25) is 0 Å².